The summed E-state index contributed by atoms with van der Waals surface area (Å²) in [6.45, 7) is 5.53. The molecule has 2 heterocycles. The number of ether oxygens (including phenoxy) is 1. The lowest BCUT2D eigenvalue weighted by Crippen LogP contribution is -2.26. The van der Waals surface area contributed by atoms with Crippen LogP contribution in [0.15, 0.2) is 36.4 Å². The number of fused-ring (bicyclic) bond motifs is 1. The lowest BCUT2D eigenvalue weighted by Gasteiger charge is -2.25. The van der Waals surface area contributed by atoms with E-state index < -0.39 is 11.7 Å². The van der Waals surface area contributed by atoms with Crippen LogP contribution in [0.5, 0.6) is 5.75 Å². The van der Waals surface area contributed by atoms with E-state index in [9.17, 15) is 13.2 Å². The number of anilines is 1. The van der Waals surface area contributed by atoms with Crippen molar-refractivity contribution in [2.75, 3.05) is 25.5 Å². The maximum Gasteiger partial charge on any atom is 0.416 e. The number of hydrogen-bond donors (Lipinski definition) is 2. The van der Waals surface area contributed by atoms with E-state index in [1.807, 2.05) is 13.0 Å². The zero-order valence-corrected chi connectivity index (χ0v) is 18.4. The molecule has 32 heavy (non-hydrogen) atoms. The van der Waals surface area contributed by atoms with Crippen LogP contribution in [0.1, 0.15) is 54.2 Å². The molecule has 1 aromatic heterocycles. The lowest BCUT2D eigenvalue weighted by molar-refractivity contribution is -0.137. The van der Waals surface area contributed by atoms with Crippen LogP contribution >= 0.6 is 0 Å². The fourth-order valence-corrected chi connectivity index (χ4v) is 4.30. The van der Waals surface area contributed by atoms with Crippen LogP contribution in [0.25, 0.3) is 10.9 Å². The van der Waals surface area contributed by atoms with Crippen molar-refractivity contribution in [2.45, 2.75) is 44.8 Å². The third-order valence-corrected chi connectivity index (χ3v) is 6.01. The van der Waals surface area contributed by atoms with Crippen molar-refractivity contribution in [2.24, 2.45) is 0 Å². The van der Waals surface area contributed by atoms with E-state index in [2.05, 4.69) is 26.7 Å². The molecule has 2 aromatic carbocycles. The van der Waals surface area contributed by atoms with Crippen LogP contribution in [0, 0.1) is 6.92 Å². The average molecular weight is 445 g/mol. The van der Waals surface area contributed by atoms with Gasteiger partial charge in [0.15, 0.2) is 0 Å². The van der Waals surface area contributed by atoms with Gasteiger partial charge in [-0.05, 0) is 75.0 Å². The number of halogens is 3. The van der Waals surface area contributed by atoms with Crippen molar-refractivity contribution in [1.29, 1.82) is 0 Å². The molecule has 4 rings (SSSR count). The van der Waals surface area contributed by atoms with Crippen LogP contribution in [0.3, 0.4) is 0 Å². The van der Waals surface area contributed by atoms with Gasteiger partial charge in [-0.1, -0.05) is 12.1 Å². The standard InChI is InChI=1S/C24H27F3N4O/c1-14(17-5-4-6-18(11-17)24(25,26)27)29-23-20-12-19(16-7-9-28-10-8-16)22(32-3)13-21(20)30-15(2)31-23/h4-6,11-14,16,28H,7-10H2,1-3H3,(H,29,30,31). The second-order valence-corrected chi connectivity index (χ2v) is 8.24. The molecule has 0 bridgehead atoms. The largest absolute Gasteiger partial charge is 0.496 e. The number of nitrogens with zero attached hydrogens (tertiary/aromatic N) is 2. The summed E-state index contributed by atoms with van der Waals surface area (Å²) in [7, 11) is 1.66. The highest BCUT2D eigenvalue weighted by Crippen LogP contribution is 2.38. The molecule has 1 aliphatic heterocycles. The van der Waals surface area contributed by atoms with Gasteiger partial charge in [-0.25, -0.2) is 9.97 Å². The van der Waals surface area contributed by atoms with Crippen molar-refractivity contribution in [1.82, 2.24) is 15.3 Å². The molecule has 0 amide bonds. The van der Waals surface area contributed by atoms with Crippen molar-refractivity contribution in [3.05, 3.63) is 58.9 Å². The van der Waals surface area contributed by atoms with Gasteiger partial charge in [0.25, 0.3) is 0 Å². The molecule has 8 heteroatoms. The van der Waals surface area contributed by atoms with Gasteiger partial charge in [0.05, 0.1) is 18.2 Å². The summed E-state index contributed by atoms with van der Waals surface area (Å²) in [5.41, 5.74) is 1.73. The third kappa shape index (κ3) is 4.65. The maximum absolute atomic E-state index is 13.2. The Morgan fingerprint density at radius 2 is 1.88 bits per heavy atom. The van der Waals surface area contributed by atoms with Gasteiger partial charge in [0.1, 0.15) is 17.4 Å². The molecule has 1 saturated heterocycles. The van der Waals surface area contributed by atoms with E-state index in [0.29, 0.717) is 23.1 Å². The predicted octanol–water partition coefficient (Wildman–Crippen LogP) is 5.61. The lowest BCUT2D eigenvalue weighted by atomic mass is 9.88. The van der Waals surface area contributed by atoms with Gasteiger partial charge >= 0.3 is 6.18 Å². The van der Waals surface area contributed by atoms with Gasteiger partial charge in [-0.2, -0.15) is 13.2 Å². The number of benzene rings is 2. The molecule has 1 unspecified atom stereocenters. The van der Waals surface area contributed by atoms with Crippen LogP contribution in [0.4, 0.5) is 19.0 Å². The predicted molar refractivity (Wildman–Crippen MR) is 119 cm³/mol. The normalized spacial score (nSPS) is 16.2. The first-order valence-electron chi connectivity index (χ1n) is 10.8. The highest BCUT2D eigenvalue weighted by atomic mass is 19.4. The molecule has 0 saturated carbocycles. The minimum atomic E-state index is -4.38. The Morgan fingerprint density at radius 1 is 1.12 bits per heavy atom. The zero-order valence-electron chi connectivity index (χ0n) is 18.4. The van der Waals surface area contributed by atoms with Crippen LogP contribution in [-0.2, 0) is 6.18 Å². The fraction of sp³-hybridized carbons (Fsp3) is 0.417. The van der Waals surface area contributed by atoms with Crippen LogP contribution < -0.4 is 15.4 Å². The number of aromatic nitrogens is 2. The van der Waals surface area contributed by atoms with E-state index in [1.54, 1.807) is 20.1 Å². The number of aryl methyl sites for hydroxylation is 1. The molecule has 1 fully saturated rings. The maximum atomic E-state index is 13.2. The third-order valence-electron chi connectivity index (χ3n) is 6.01. The van der Waals surface area contributed by atoms with Gasteiger partial charge in [-0.15, -0.1) is 0 Å². The van der Waals surface area contributed by atoms with Crippen molar-refractivity contribution in [3.8, 4) is 5.75 Å². The van der Waals surface area contributed by atoms with Crippen LogP contribution in [0.2, 0.25) is 0 Å². The number of piperidine rings is 1. The number of alkyl halides is 3. The monoisotopic (exact) mass is 444 g/mol. The molecule has 0 spiro atoms. The van der Waals surface area contributed by atoms with E-state index in [1.165, 1.54) is 12.1 Å². The topological polar surface area (TPSA) is 59.1 Å². The molecule has 0 aliphatic carbocycles. The average Bonchev–Trinajstić information content (AvgIpc) is 2.78. The Balaban J connectivity index is 1.73. The highest BCUT2D eigenvalue weighted by Gasteiger charge is 2.30. The number of nitrogens with one attached hydrogen (secondary N) is 2. The molecule has 5 nitrogen and oxygen atoms in total. The summed E-state index contributed by atoms with van der Waals surface area (Å²) in [6, 6.07) is 9.01. The van der Waals surface area contributed by atoms with Crippen molar-refractivity contribution >= 4 is 16.7 Å². The van der Waals surface area contributed by atoms with Gasteiger partial charge < -0.3 is 15.4 Å². The zero-order chi connectivity index (χ0) is 22.9. The van der Waals surface area contributed by atoms with E-state index in [0.717, 1.165) is 54.2 Å². The first-order valence-corrected chi connectivity index (χ1v) is 10.8. The molecular formula is C24H27F3N4O. The number of methoxy groups -OCH3 is 1. The molecule has 170 valence electrons. The summed E-state index contributed by atoms with van der Waals surface area (Å²) in [5.74, 6) is 2.35. The minimum Gasteiger partial charge on any atom is -0.496 e. The molecule has 0 radical (unpaired) electrons. The quantitative estimate of drug-likeness (QED) is 0.536. The Kier molecular flexibility index (Phi) is 6.24. The number of hydrogen-bond acceptors (Lipinski definition) is 5. The smallest absolute Gasteiger partial charge is 0.416 e. The van der Waals surface area contributed by atoms with Crippen LogP contribution in [-0.4, -0.2) is 30.2 Å². The first-order chi connectivity index (χ1) is 15.3. The minimum absolute atomic E-state index is 0.366. The molecular weight excluding hydrogens is 417 g/mol. The summed E-state index contributed by atoms with van der Waals surface area (Å²) in [6.07, 6.45) is -2.36. The molecule has 1 atom stereocenters. The van der Waals surface area contributed by atoms with Crippen molar-refractivity contribution < 1.29 is 17.9 Å². The summed E-state index contributed by atoms with van der Waals surface area (Å²) in [4.78, 5) is 9.15. The van der Waals surface area contributed by atoms with Gasteiger partial charge in [0.2, 0.25) is 0 Å². The molecule has 1 aliphatic rings. The second kappa shape index (κ2) is 8.94. The second-order valence-electron chi connectivity index (χ2n) is 8.24. The van der Waals surface area contributed by atoms with Gasteiger partial charge in [0, 0.05) is 17.5 Å². The van der Waals surface area contributed by atoms with E-state index >= 15 is 0 Å². The fourth-order valence-electron chi connectivity index (χ4n) is 4.30. The Bertz CT molecular complexity index is 1110. The summed E-state index contributed by atoms with van der Waals surface area (Å²) < 4.78 is 45.1. The molecule has 3 aromatic rings. The first kappa shape index (κ1) is 22.3. The summed E-state index contributed by atoms with van der Waals surface area (Å²) in [5, 5.41) is 7.53. The summed E-state index contributed by atoms with van der Waals surface area (Å²) >= 11 is 0. The Hall–Kier alpha value is -2.87. The Morgan fingerprint density at radius 3 is 2.56 bits per heavy atom. The van der Waals surface area contributed by atoms with Crippen molar-refractivity contribution in [3.63, 3.8) is 0 Å². The van der Waals surface area contributed by atoms with E-state index in [4.69, 9.17) is 4.74 Å². The van der Waals surface area contributed by atoms with Gasteiger partial charge in [-0.3, -0.25) is 0 Å². The number of rotatable bonds is 5. The molecule has 2 N–H and O–H groups in total. The SMILES string of the molecule is COc1cc2nc(C)nc(NC(C)c3cccc(C(F)(F)F)c3)c2cc1C1CCNCC1. The Labute approximate surface area is 185 Å². The van der Waals surface area contributed by atoms with E-state index in [-0.39, 0.29) is 6.04 Å². The highest BCUT2D eigenvalue weighted by molar-refractivity contribution is 5.91.